The van der Waals surface area contributed by atoms with E-state index in [2.05, 4.69) is 21.0 Å². The van der Waals surface area contributed by atoms with Gasteiger partial charge < -0.3 is 15.8 Å². The van der Waals surface area contributed by atoms with E-state index in [0.29, 0.717) is 22.2 Å². The summed E-state index contributed by atoms with van der Waals surface area (Å²) in [5.41, 5.74) is 9.47. The largest absolute Gasteiger partial charge is 0.481 e. The quantitative estimate of drug-likeness (QED) is 0.254. The van der Waals surface area contributed by atoms with Gasteiger partial charge in [0.15, 0.2) is 0 Å². The highest BCUT2D eigenvalue weighted by Gasteiger charge is 2.11. The molecule has 1 amide bonds. The van der Waals surface area contributed by atoms with Gasteiger partial charge in [0.1, 0.15) is 0 Å². The monoisotopic (exact) mass is 540 g/mol. The van der Waals surface area contributed by atoms with Crippen molar-refractivity contribution in [1.82, 2.24) is 9.97 Å². The summed E-state index contributed by atoms with van der Waals surface area (Å²) in [4.78, 5) is 20.8. The lowest BCUT2D eigenvalue weighted by atomic mass is 9.99. The van der Waals surface area contributed by atoms with Crippen molar-refractivity contribution >= 4 is 34.8 Å². The second-order valence-corrected chi connectivity index (χ2v) is 7.76. The van der Waals surface area contributed by atoms with E-state index in [0.717, 1.165) is 28.1 Å². The maximum atomic E-state index is 12.7. The average molecular weight is 542 g/mol. The second-order valence-electron chi connectivity index (χ2n) is 6.82. The Morgan fingerprint density at radius 1 is 0.919 bits per heavy atom. The molecule has 3 N–H and O–H groups in total. The third-order valence-electron chi connectivity index (χ3n) is 4.64. The van der Waals surface area contributed by atoms with Crippen LogP contribution >= 0.6 is 23.2 Å². The van der Waals surface area contributed by atoms with Gasteiger partial charge in [0, 0.05) is 40.5 Å². The number of halogens is 2. The van der Waals surface area contributed by atoms with E-state index in [-0.39, 0.29) is 5.91 Å². The summed E-state index contributed by atoms with van der Waals surface area (Å²) in [5.74, 6) is 0.963. The number of ether oxygens (including phenoxy) is 1. The molecule has 0 aliphatic rings. The Morgan fingerprint density at radius 3 is 2.03 bits per heavy atom. The van der Waals surface area contributed by atoms with Crippen molar-refractivity contribution in [3.63, 3.8) is 0 Å². The molecule has 4 rings (SSSR count). The zero-order chi connectivity index (χ0) is 27.6. The van der Waals surface area contributed by atoms with E-state index in [9.17, 15) is 4.79 Å². The van der Waals surface area contributed by atoms with E-state index in [1.54, 1.807) is 56.0 Å². The standard InChI is InChI=1S/C24H18ClN3O2.C2H5Cl.C2H6.CH5N/c1-30-23-9-7-20(15-27-23)28-24(29)19-6-8-22(25)21(14-19)18-4-2-16(3-5-18)17-10-12-26-13-11-17;1-2-3;2*1-2/h2-15H,1H3,(H,28,29);2H2,1H3;1-2H3;2H2,1H3. The van der Waals surface area contributed by atoms with Crippen LogP contribution in [0.4, 0.5) is 5.69 Å². The number of methoxy groups -OCH3 is 1. The van der Waals surface area contributed by atoms with Crippen LogP contribution in [0.5, 0.6) is 5.88 Å². The lowest BCUT2D eigenvalue weighted by Crippen LogP contribution is -2.12. The van der Waals surface area contributed by atoms with E-state index < -0.39 is 0 Å². The van der Waals surface area contributed by atoms with Crippen molar-refractivity contribution in [2.45, 2.75) is 20.8 Å². The number of nitrogens with zero attached hydrogens (tertiary/aromatic N) is 2. The Bertz CT molecular complexity index is 1190. The molecule has 0 aliphatic heterocycles. The molecule has 0 fully saturated rings. The lowest BCUT2D eigenvalue weighted by molar-refractivity contribution is 0.102. The van der Waals surface area contributed by atoms with Crippen LogP contribution in [0.2, 0.25) is 5.02 Å². The van der Waals surface area contributed by atoms with Gasteiger partial charge in [-0.25, -0.2) is 4.98 Å². The van der Waals surface area contributed by atoms with Crippen molar-refractivity contribution in [3.05, 3.63) is 95.9 Å². The van der Waals surface area contributed by atoms with Crippen LogP contribution in [-0.2, 0) is 0 Å². The number of pyridine rings is 2. The average Bonchev–Trinajstić information content (AvgIpc) is 2.97. The van der Waals surface area contributed by atoms with Crippen LogP contribution in [0.3, 0.4) is 0 Å². The summed E-state index contributed by atoms with van der Waals surface area (Å²) in [6.45, 7) is 5.89. The van der Waals surface area contributed by atoms with Gasteiger partial charge in [-0.2, -0.15) is 0 Å². The van der Waals surface area contributed by atoms with E-state index in [4.69, 9.17) is 27.9 Å². The number of carbonyl (C=O) groups is 1. The molecule has 8 heteroatoms. The first-order chi connectivity index (χ1) is 18.0. The number of carbonyl (C=O) groups excluding carboxylic acids is 1. The zero-order valence-corrected chi connectivity index (χ0v) is 23.3. The van der Waals surface area contributed by atoms with Crippen molar-refractivity contribution in [2.75, 3.05) is 25.4 Å². The Kier molecular flexibility index (Phi) is 15.3. The minimum absolute atomic E-state index is 0.242. The number of nitrogens with two attached hydrogens (primary N) is 1. The normalized spacial score (nSPS) is 9.30. The molecule has 0 unspecified atom stereocenters. The van der Waals surface area contributed by atoms with Gasteiger partial charge in [0.05, 0.1) is 19.0 Å². The predicted molar refractivity (Wildman–Crippen MR) is 157 cm³/mol. The molecular formula is C29H34Cl2N4O2. The number of aromatic nitrogens is 2. The van der Waals surface area contributed by atoms with Gasteiger partial charge in [-0.3, -0.25) is 9.78 Å². The van der Waals surface area contributed by atoms with Gasteiger partial charge in [-0.05, 0) is 60.1 Å². The fourth-order valence-electron chi connectivity index (χ4n) is 3.05. The van der Waals surface area contributed by atoms with Crippen LogP contribution in [0.15, 0.2) is 85.3 Å². The van der Waals surface area contributed by atoms with Crippen molar-refractivity contribution < 1.29 is 9.53 Å². The van der Waals surface area contributed by atoms with E-state index in [1.807, 2.05) is 57.2 Å². The molecule has 0 saturated heterocycles. The molecule has 0 atom stereocenters. The molecule has 6 nitrogen and oxygen atoms in total. The molecule has 2 heterocycles. The van der Waals surface area contributed by atoms with Crippen LogP contribution < -0.4 is 15.8 Å². The Labute approximate surface area is 229 Å². The van der Waals surface area contributed by atoms with Crippen LogP contribution in [-0.4, -0.2) is 35.9 Å². The first kappa shape index (κ1) is 31.6. The molecular weight excluding hydrogens is 507 g/mol. The number of benzene rings is 2. The molecule has 0 radical (unpaired) electrons. The first-order valence-corrected chi connectivity index (χ1v) is 12.7. The molecule has 2 aromatic carbocycles. The number of hydrogen-bond donors (Lipinski definition) is 2. The van der Waals surface area contributed by atoms with E-state index in [1.165, 1.54) is 7.05 Å². The van der Waals surface area contributed by atoms with Gasteiger partial charge in [-0.15, -0.1) is 11.6 Å². The van der Waals surface area contributed by atoms with Gasteiger partial charge >= 0.3 is 0 Å². The van der Waals surface area contributed by atoms with Crippen molar-refractivity contribution in [1.29, 1.82) is 0 Å². The van der Waals surface area contributed by atoms with Crippen LogP contribution in [0.25, 0.3) is 22.3 Å². The maximum absolute atomic E-state index is 12.7. The molecule has 0 saturated carbocycles. The lowest BCUT2D eigenvalue weighted by Gasteiger charge is -2.10. The topological polar surface area (TPSA) is 90.1 Å². The number of alkyl halides is 1. The molecule has 196 valence electrons. The van der Waals surface area contributed by atoms with Crippen molar-refractivity contribution in [3.8, 4) is 28.1 Å². The Morgan fingerprint density at radius 2 is 1.49 bits per heavy atom. The maximum Gasteiger partial charge on any atom is 0.255 e. The molecule has 2 aromatic heterocycles. The fraction of sp³-hybridized carbons (Fsp3) is 0.207. The highest BCUT2D eigenvalue weighted by atomic mass is 35.5. The predicted octanol–water partition coefficient (Wildman–Crippen LogP) is 7.57. The summed E-state index contributed by atoms with van der Waals surface area (Å²) < 4.78 is 5.03. The summed E-state index contributed by atoms with van der Waals surface area (Å²) >= 11 is 11.4. The minimum atomic E-state index is -0.242. The highest BCUT2D eigenvalue weighted by Crippen LogP contribution is 2.31. The number of amides is 1. The number of rotatable bonds is 5. The number of nitrogens with one attached hydrogen (secondary N) is 1. The first-order valence-electron chi connectivity index (χ1n) is 11.8. The van der Waals surface area contributed by atoms with Gasteiger partial charge in [-0.1, -0.05) is 56.6 Å². The van der Waals surface area contributed by atoms with Crippen LogP contribution in [0.1, 0.15) is 31.1 Å². The summed E-state index contributed by atoms with van der Waals surface area (Å²) in [6.07, 6.45) is 5.08. The molecule has 0 bridgehead atoms. The Balaban J connectivity index is 0.000000894. The number of anilines is 1. The smallest absolute Gasteiger partial charge is 0.255 e. The summed E-state index contributed by atoms with van der Waals surface area (Å²) in [7, 11) is 3.04. The summed E-state index contributed by atoms with van der Waals surface area (Å²) in [5, 5.41) is 3.41. The zero-order valence-electron chi connectivity index (χ0n) is 21.8. The molecule has 4 aromatic rings. The third kappa shape index (κ3) is 9.84. The second kappa shape index (κ2) is 17.9. The minimum Gasteiger partial charge on any atom is -0.481 e. The van der Waals surface area contributed by atoms with Gasteiger partial charge in [0.2, 0.25) is 5.88 Å². The van der Waals surface area contributed by atoms with Crippen LogP contribution in [0, 0.1) is 0 Å². The summed E-state index contributed by atoms with van der Waals surface area (Å²) in [6, 6.07) is 20.6. The van der Waals surface area contributed by atoms with Crippen molar-refractivity contribution in [2.24, 2.45) is 5.73 Å². The van der Waals surface area contributed by atoms with Gasteiger partial charge in [0.25, 0.3) is 5.91 Å². The fourth-order valence-corrected chi connectivity index (χ4v) is 3.28. The third-order valence-corrected chi connectivity index (χ3v) is 4.97. The highest BCUT2D eigenvalue weighted by molar-refractivity contribution is 6.33. The molecule has 37 heavy (non-hydrogen) atoms. The van der Waals surface area contributed by atoms with E-state index >= 15 is 0 Å². The Hall–Kier alpha value is -3.45. The SMILES string of the molecule is CC.CCCl.CN.COc1ccc(NC(=O)c2ccc(Cl)c(-c3ccc(-c4ccncc4)cc3)c2)cn1. The number of hydrogen-bond acceptors (Lipinski definition) is 5. The molecule has 0 spiro atoms. The molecule has 0 aliphatic carbocycles.